The standard InChI is InChI=1S/C25H30N4O6/c1-16-7-4-9-18(13-16)20(15-21(30)31)27-22(32)23-28(11-6-12-29(23)25(34)35-3)24(33)26-19-10-5-8-17(2)14-19/h4-5,7-10,13-14,20,23H,6,11-12,15H2,1-3H3,(H,26,33)(H,27,32)(H,30,31). The fraction of sp³-hybridized carbons (Fsp3) is 0.360. The lowest BCUT2D eigenvalue weighted by molar-refractivity contribution is -0.138. The molecule has 0 spiro atoms. The van der Waals surface area contributed by atoms with Crippen molar-refractivity contribution in [2.24, 2.45) is 0 Å². The Morgan fingerprint density at radius 2 is 1.69 bits per heavy atom. The number of hydrogen-bond donors (Lipinski definition) is 3. The van der Waals surface area contributed by atoms with Crippen LogP contribution in [0.5, 0.6) is 0 Å². The van der Waals surface area contributed by atoms with Crippen LogP contribution in [0.4, 0.5) is 15.3 Å². The van der Waals surface area contributed by atoms with Gasteiger partial charge in [0.05, 0.1) is 19.6 Å². The number of aliphatic carboxylic acids is 1. The smallest absolute Gasteiger partial charge is 0.411 e. The number of benzene rings is 2. The van der Waals surface area contributed by atoms with Crippen molar-refractivity contribution in [2.45, 2.75) is 38.9 Å². The van der Waals surface area contributed by atoms with Crippen molar-refractivity contribution in [1.82, 2.24) is 15.1 Å². The highest BCUT2D eigenvalue weighted by Gasteiger charge is 2.41. The first-order valence-corrected chi connectivity index (χ1v) is 11.3. The second-order valence-corrected chi connectivity index (χ2v) is 8.46. The van der Waals surface area contributed by atoms with Crippen molar-refractivity contribution >= 4 is 29.7 Å². The number of rotatable bonds is 6. The molecule has 4 amide bonds. The summed E-state index contributed by atoms with van der Waals surface area (Å²) in [7, 11) is 1.20. The molecule has 186 valence electrons. The van der Waals surface area contributed by atoms with Crippen LogP contribution in [0, 0.1) is 13.8 Å². The quantitative estimate of drug-likeness (QED) is 0.580. The summed E-state index contributed by atoms with van der Waals surface area (Å²) in [6.07, 6.45) is -2.00. The minimum absolute atomic E-state index is 0.201. The molecule has 0 aromatic heterocycles. The van der Waals surface area contributed by atoms with Crippen molar-refractivity contribution in [3.05, 3.63) is 65.2 Å². The van der Waals surface area contributed by atoms with Gasteiger partial charge in [-0.3, -0.25) is 19.4 Å². The highest BCUT2D eigenvalue weighted by molar-refractivity contribution is 5.95. The summed E-state index contributed by atoms with van der Waals surface area (Å²) >= 11 is 0. The first-order valence-electron chi connectivity index (χ1n) is 11.3. The van der Waals surface area contributed by atoms with Crippen LogP contribution in [0.2, 0.25) is 0 Å². The van der Waals surface area contributed by atoms with E-state index in [1.165, 1.54) is 16.9 Å². The average molecular weight is 483 g/mol. The summed E-state index contributed by atoms with van der Waals surface area (Å²) in [5, 5.41) is 14.9. The van der Waals surface area contributed by atoms with Gasteiger partial charge in [0.1, 0.15) is 0 Å². The molecule has 1 fully saturated rings. The van der Waals surface area contributed by atoms with Gasteiger partial charge in [-0.2, -0.15) is 0 Å². The lowest BCUT2D eigenvalue weighted by atomic mass is 10.0. The number of methoxy groups -OCH3 is 1. The Morgan fingerprint density at radius 3 is 2.31 bits per heavy atom. The maximum absolute atomic E-state index is 13.5. The van der Waals surface area contributed by atoms with Gasteiger partial charge in [0, 0.05) is 18.8 Å². The third-order valence-corrected chi connectivity index (χ3v) is 5.70. The van der Waals surface area contributed by atoms with Gasteiger partial charge in [-0.1, -0.05) is 42.0 Å². The monoisotopic (exact) mass is 482 g/mol. The fourth-order valence-electron chi connectivity index (χ4n) is 4.11. The molecule has 1 saturated heterocycles. The summed E-state index contributed by atoms with van der Waals surface area (Å²) in [5.41, 5.74) is 3.01. The van der Waals surface area contributed by atoms with Crippen molar-refractivity contribution < 1.29 is 29.0 Å². The van der Waals surface area contributed by atoms with Crippen LogP contribution < -0.4 is 10.6 Å². The Morgan fingerprint density at radius 1 is 1.03 bits per heavy atom. The van der Waals surface area contributed by atoms with E-state index >= 15 is 0 Å². The van der Waals surface area contributed by atoms with Gasteiger partial charge in [-0.05, 0) is 43.5 Å². The Labute approximate surface area is 203 Å². The number of carbonyl (C=O) groups excluding carboxylic acids is 3. The molecule has 0 radical (unpaired) electrons. The largest absolute Gasteiger partial charge is 0.481 e. The molecule has 0 bridgehead atoms. The van der Waals surface area contributed by atoms with Crippen LogP contribution in [-0.2, 0) is 14.3 Å². The molecule has 35 heavy (non-hydrogen) atoms. The van der Waals surface area contributed by atoms with Gasteiger partial charge in [-0.25, -0.2) is 9.59 Å². The molecular formula is C25H30N4O6. The molecule has 2 aromatic rings. The molecule has 2 unspecified atom stereocenters. The third-order valence-electron chi connectivity index (χ3n) is 5.70. The molecule has 10 nitrogen and oxygen atoms in total. The Kier molecular flexibility index (Phi) is 8.30. The predicted octanol–water partition coefficient (Wildman–Crippen LogP) is 3.27. The molecule has 3 N–H and O–H groups in total. The third kappa shape index (κ3) is 6.50. The second-order valence-electron chi connectivity index (χ2n) is 8.46. The number of urea groups is 1. The number of anilines is 1. The number of nitrogens with one attached hydrogen (secondary N) is 2. The first kappa shape index (κ1) is 25.5. The lowest BCUT2D eigenvalue weighted by Gasteiger charge is -2.42. The molecule has 1 aliphatic heterocycles. The number of carboxylic acid groups (broad SMARTS) is 1. The first-order chi connectivity index (χ1) is 16.7. The van der Waals surface area contributed by atoms with E-state index in [9.17, 15) is 24.3 Å². The zero-order valence-electron chi connectivity index (χ0n) is 20.0. The predicted molar refractivity (Wildman–Crippen MR) is 129 cm³/mol. The van der Waals surface area contributed by atoms with Crippen LogP contribution >= 0.6 is 0 Å². The van der Waals surface area contributed by atoms with Crippen molar-refractivity contribution in [3.8, 4) is 0 Å². The van der Waals surface area contributed by atoms with Gasteiger partial charge >= 0.3 is 18.1 Å². The highest BCUT2D eigenvalue weighted by Crippen LogP contribution is 2.22. The lowest BCUT2D eigenvalue weighted by Crippen LogP contribution is -2.64. The number of nitrogens with zero attached hydrogens (tertiary/aromatic N) is 2. The van der Waals surface area contributed by atoms with Gasteiger partial charge in [-0.15, -0.1) is 0 Å². The van der Waals surface area contributed by atoms with Crippen molar-refractivity contribution in [2.75, 3.05) is 25.5 Å². The number of amides is 4. The molecule has 2 atom stereocenters. The molecule has 1 aliphatic rings. The molecule has 3 rings (SSSR count). The summed E-state index contributed by atoms with van der Waals surface area (Å²) in [6, 6.07) is 12.9. The summed E-state index contributed by atoms with van der Waals surface area (Å²) in [5.74, 6) is -1.78. The summed E-state index contributed by atoms with van der Waals surface area (Å²) < 4.78 is 4.86. The van der Waals surface area contributed by atoms with Crippen LogP contribution in [0.3, 0.4) is 0 Å². The SMILES string of the molecule is COC(=O)N1CCCN(C(=O)Nc2cccc(C)c2)C1C(=O)NC(CC(=O)O)c1cccc(C)c1. The topological polar surface area (TPSA) is 128 Å². The molecular weight excluding hydrogens is 452 g/mol. The van der Waals surface area contributed by atoms with E-state index in [0.29, 0.717) is 17.7 Å². The van der Waals surface area contributed by atoms with Crippen molar-refractivity contribution in [1.29, 1.82) is 0 Å². The molecule has 0 aliphatic carbocycles. The van der Waals surface area contributed by atoms with E-state index in [0.717, 1.165) is 11.1 Å². The minimum atomic E-state index is -1.32. The van der Waals surface area contributed by atoms with Gasteiger partial charge in [0.15, 0.2) is 6.17 Å². The van der Waals surface area contributed by atoms with E-state index in [1.54, 1.807) is 36.4 Å². The number of aryl methyl sites for hydroxylation is 2. The maximum Gasteiger partial charge on any atom is 0.411 e. The number of carboxylic acids is 1. The van der Waals surface area contributed by atoms with Gasteiger partial charge in [0.25, 0.3) is 5.91 Å². The van der Waals surface area contributed by atoms with Gasteiger partial charge < -0.3 is 20.5 Å². The number of hydrogen-bond acceptors (Lipinski definition) is 5. The van der Waals surface area contributed by atoms with E-state index in [1.807, 2.05) is 26.0 Å². The zero-order chi connectivity index (χ0) is 25.5. The normalized spacial score (nSPS) is 16.3. The summed E-state index contributed by atoms with van der Waals surface area (Å²) in [4.78, 5) is 53.2. The molecule has 10 heteroatoms. The Bertz CT molecular complexity index is 1100. The van der Waals surface area contributed by atoms with Crippen LogP contribution in [0.1, 0.15) is 35.6 Å². The van der Waals surface area contributed by atoms with E-state index in [-0.39, 0.29) is 19.5 Å². The molecule has 2 aromatic carbocycles. The number of ether oxygens (including phenoxy) is 1. The second kappa shape index (κ2) is 11.4. The maximum atomic E-state index is 13.5. The van der Waals surface area contributed by atoms with Crippen LogP contribution in [-0.4, -0.2) is 65.3 Å². The fourth-order valence-corrected chi connectivity index (χ4v) is 4.11. The highest BCUT2D eigenvalue weighted by atomic mass is 16.5. The Balaban J connectivity index is 1.90. The molecule has 0 saturated carbocycles. The van der Waals surface area contributed by atoms with Crippen LogP contribution in [0.15, 0.2) is 48.5 Å². The van der Waals surface area contributed by atoms with E-state index in [2.05, 4.69) is 10.6 Å². The van der Waals surface area contributed by atoms with E-state index in [4.69, 9.17) is 4.74 Å². The minimum Gasteiger partial charge on any atom is -0.481 e. The number of carbonyl (C=O) groups is 4. The zero-order valence-corrected chi connectivity index (χ0v) is 20.0. The average Bonchev–Trinajstić information content (AvgIpc) is 2.82. The van der Waals surface area contributed by atoms with Gasteiger partial charge in [0.2, 0.25) is 0 Å². The van der Waals surface area contributed by atoms with Crippen LogP contribution in [0.25, 0.3) is 0 Å². The Hall–Kier alpha value is -4.08. The molecule has 1 heterocycles. The van der Waals surface area contributed by atoms with E-state index < -0.39 is 36.2 Å². The summed E-state index contributed by atoms with van der Waals surface area (Å²) in [6.45, 7) is 4.17. The van der Waals surface area contributed by atoms with Crippen molar-refractivity contribution in [3.63, 3.8) is 0 Å².